The zero-order chi connectivity index (χ0) is 15.5. The molecule has 0 aliphatic heterocycles. The van der Waals surface area contributed by atoms with Gasteiger partial charge in [0.1, 0.15) is 0 Å². The van der Waals surface area contributed by atoms with Crippen molar-refractivity contribution in [1.82, 2.24) is 15.5 Å². The van der Waals surface area contributed by atoms with Crippen LogP contribution in [0.2, 0.25) is 0 Å². The van der Waals surface area contributed by atoms with Gasteiger partial charge in [-0.15, -0.1) is 24.0 Å². The minimum Gasteiger partial charge on any atom is -0.357 e. The first kappa shape index (κ1) is 22.3. The summed E-state index contributed by atoms with van der Waals surface area (Å²) < 4.78 is 0. The van der Waals surface area contributed by atoms with E-state index in [1.54, 1.807) is 0 Å². The number of rotatable bonds is 8. The first-order valence-corrected chi connectivity index (χ1v) is 9.76. The van der Waals surface area contributed by atoms with Crippen LogP contribution in [0.15, 0.2) is 4.99 Å². The van der Waals surface area contributed by atoms with E-state index in [1.165, 1.54) is 32.1 Å². The minimum atomic E-state index is 0. The summed E-state index contributed by atoms with van der Waals surface area (Å²) in [6.07, 6.45) is 9.08. The van der Waals surface area contributed by atoms with Gasteiger partial charge in [0.15, 0.2) is 5.96 Å². The number of aliphatic imine (C=N–C) groups is 1. The molecule has 22 heavy (non-hydrogen) atoms. The van der Waals surface area contributed by atoms with Crippen LogP contribution in [-0.2, 0) is 0 Å². The van der Waals surface area contributed by atoms with E-state index < -0.39 is 0 Å². The average Bonchev–Trinajstić information content (AvgIpc) is 2.48. The van der Waals surface area contributed by atoms with Crippen molar-refractivity contribution in [3.8, 4) is 0 Å². The van der Waals surface area contributed by atoms with Gasteiger partial charge in [-0.2, -0.15) is 11.8 Å². The standard InChI is InChI=1S/C16H34N4S.HI/c1-5-17-16(18-11-12-21-4)19-13-15(20(2)3)14-9-7-6-8-10-14;/h14-15H,5-13H2,1-4H3,(H2,17,18,19);1H. The lowest BCUT2D eigenvalue weighted by Gasteiger charge is -2.34. The van der Waals surface area contributed by atoms with E-state index in [0.29, 0.717) is 6.04 Å². The summed E-state index contributed by atoms with van der Waals surface area (Å²) >= 11 is 1.86. The number of nitrogens with one attached hydrogen (secondary N) is 2. The van der Waals surface area contributed by atoms with E-state index in [2.05, 4.69) is 42.8 Å². The summed E-state index contributed by atoms with van der Waals surface area (Å²) in [5, 5.41) is 6.77. The molecule has 2 N–H and O–H groups in total. The molecule has 0 aromatic carbocycles. The topological polar surface area (TPSA) is 39.7 Å². The Balaban J connectivity index is 0.00000441. The van der Waals surface area contributed by atoms with Crippen molar-refractivity contribution in [2.45, 2.75) is 45.1 Å². The first-order chi connectivity index (χ1) is 10.2. The number of nitrogens with zero attached hydrogens (tertiary/aromatic N) is 2. The monoisotopic (exact) mass is 442 g/mol. The van der Waals surface area contributed by atoms with Gasteiger partial charge in [-0.25, -0.2) is 0 Å². The number of halogens is 1. The van der Waals surface area contributed by atoms with Crippen molar-refractivity contribution in [2.24, 2.45) is 10.9 Å². The normalized spacial score (nSPS) is 18.0. The fourth-order valence-corrected chi connectivity index (χ4v) is 3.36. The van der Waals surface area contributed by atoms with Crippen LogP contribution in [-0.4, -0.2) is 62.6 Å². The van der Waals surface area contributed by atoms with Gasteiger partial charge < -0.3 is 15.5 Å². The summed E-state index contributed by atoms with van der Waals surface area (Å²) in [6.45, 7) is 4.91. The molecule has 1 atom stereocenters. The summed E-state index contributed by atoms with van der Waals surface area (Å²) in [5.41, 5.74) is 0. The molecule has 0 aromatic heterocycles. The quantitative estimate of drug-likeness (QED) is 0.262. The molecular weight excluding hydrogens is 407 g/mol. The Morgan fingerprint density at radius 2 is 1.91 bits per heavy atom. The molecule has 0 radical (unpaired) electrons. The lowest BCUT2D eigenvalue weighted by atomic mass is 9.83. The van der Waals surface area contributed by atoms with Gasteiger partial charge in [-0.05, 0) is 46.0 Å². The smallest absolute Gasteiger partial charge is 0.191 e. The maximum absolute atomic E-state index is 4.83. The number of hydrogen-bond donors (Lipinski definition) is 2. The van der Waals surface area contributed by atoms with Crippen LogP contribution in [0.25, 0.3) is 0 Å². The van der Waals surface area contributed by atoms with Crippen LogP contribution in [0.5, 0.6) is 0 Å². The summed E-state index contributed by atoms with van der Waals surface area (Å²) in [6, 6.07) is 0.571. The van der Waals surface area contributed by atoms with Crippen LogP contribution < -0.4 is 10.6 Å². The molecule has 0 bridgehead atoms. The molecule has 0 heterocycles. The van der Waals surface area contributed by atoms with Crippen LogP contribution >= 0.6 is 35.7 Å². The molecule has 6 heteroatoms. The predicted octanol–water partition coefficient (Wildman–Crippen LogP) is 3.03. The Bertz CT molecular complexity index is 294. The van der Waals surface area contributed by atoms with Crippen LogP contribution in [0.4, 0.5) is 0 Å². The van der Waals surface area contributed by atoms with E-state index in [-0.39, 0.29) is 24.0 Å². The fourth-order valence-electron chi connectivity index (χ4n) is 3.05. The molecule has 0 amide bonds. The molecule has 132 valence electrons. The Kier molecular flexibility index (Phi) is 13.9. The van der Waals surface area contributed by atoms with E-state index in [9.17, 15) is 0 Å². The highest BCUT2D eigenvalue weighted by Gasteiger charge is 2.25. The van der Waals surface area contributed by atoms with Crippen molar-refractivity contribution in [2.75, 3.05) is 45.7 Å². The van der Waals surface area contributed by atoms with Crippen molar-refractivity contribution in [3.63, 3.8) is 0 Å². The summed E-state index contributed by atoms with van der Waals surface area (Å²) in [4.78, 5) is 7.19. The molecular formula is C16H35IN4S. The first-order valence-electron chi connectivity index (χ1n) is 8.36. The van der Waals surface area contributed by atoms with Gasteiger partial charge in [-0.3, -0.25) is 4.99 Å². The second-order valence-electron chi connectivity index (χ2n) is 6.07. The molecule has 1 aliphatic carbocycles. The van der Waals surface area contributed by atoms with E-state index >= 15 is 0 Å². The Labute approximate surface area is 158 Å². The molecule has 1 unspecified atom stereocenters. The molecule has 4 nitrogen and oxygen atoms in total. The maximum Gasteiger partial charge on any atom is 0.191 e. The number of likely N-dealkylation sites (N-methyl/N-ethyl adjacent to an activating group) is 1. The summed E-state index contributed by atoms with van der Waals surface area (Å²) in [7, 11) is 4.39. The third-order valence-corrected chi connectivity index (χ3v) is 4.85. The van der Waals surface area contributed by atoms with Crippen molar-refractivity contribution >= 4 is 41.7 Å². The molecule has 0 saturated heterocycles. The van der Waals surface area contributed by atoms with Gasteiger partial charge in [0, 0.05) is 24.9 Å². The highest BCUT2D eigenvalue weighted by atomic mass is 127. The molecule has 1 saturated carbocycles. The van der Waals surface area contributed by atoms with Crippen LogP contribution in [0.1, 0.15) is 39.0 Å². The second kappa shape index (κ2) is 13.7. The van der Waals surface area contributed by atoms with Crippen LogP contribution in [0, 0.1) is 5.92 Å². The largest absolute Gasteiger partial charge is 0.357 e. The molecule has 1 rings (SSSR count). The predicted molar refractivity (Wildman–Crippen MR) is 112 cm³/mol. The maximum atomic E-state index is 4.83. The van der Waals surface area contributed by atoms with Gasteiger partial charge in [0.05, 0.1) is 6.54 Å². The van der Waals surface area contributed by atoms with E-state index in [4.69, 9.17) is 4.99 Å². The van der Waals surface area contributed by atoms with Crippen molar-refractivity contribution < 1.29 is 0 Å². The molecule has 1 fully saturated rings. The highest BCUT2D eigenvalue weighted by molar-refractivity contribution is 14.0. The zero-order valence-corrected chi connectivity index (χ0v) is 17.9. The lowest BCUT2D eigenvalue weighted by molar-refractivity contribution is 0.176. The minimum absolute atomic E-state index is 0. The van der Waals surface area contributed by atoms with Crippen molar-refractivity contribution in [1.29, 1.82) is 0 Å². The zero-order valence-electron chi connectivity index (χ0n) is 14.7. The Morgan fingerprint density at radius 1 is 1.23 bits per heavy atom. The van der Waals surface area contributed by atoms with Gasteiger partial charge in [0.25, 0.3) is 0 Å². The second-order valence-corrected chi connectivity index (χ2v) is 7.05. The van der Waals surface area contributed by atoms with E-state index in [0.717, 1.165) is 37.3 Å². The third-order valence-electron chi connectivity index (χ3n) is 4.24. The number of hydrogen-bond acceptors (Lipinski definition) is 3. The fraction of sp³-hybridized carbons (Fsp3) is 0.938. The summed E-state index contributed by atoms with van der Waals surface area (Å²) in [5.74, 6) is 2.89. The number of guanidine groups is 1. The van der Waals surface area contributed by atoms with Crippen molar-refractivity contribution in [3.05, 3.63) is 0 Å². The number of thioether (sulfide) groups is 1. The van der Waals surface area contributed by atoms with E-state index in [1.807, 2.05) is 11.8 Å². The third kappa shape index (κ3) is 8.82. The highest BCUT2D eigenvalue weighted by Crippen LogP contribution is 2.28. The average molecular weight is 442 g/mol. The van der Waals surface area contributed by atoms with Crippen LogP contribution in [0.3, 0.4) is 0 Å². The Hall–Kier alpha value is 0.310. The van der Waals surface area contributed by atoms with Gasteiger partial charge in [0.2, 0.25) is 0 Å². The Morgan fingerprint density at radius 3 is 2.45 bits per heavy atom. The lowest BCUT2D eigenvalue weighted by Crippen LogP contribution is -2.42. The van der Waals surface area contributed by atoms with Gasteiger partial charge >= 0.3 is 0 Å². The molecule has 0 aromatic rings. The van der Waals surface area contributed by atoms with Gasteiger partial charge in [-0.1, -0.05) is 19.3 Å². The molecule has 0 spiro atoms. The molecule has 1 aliphatic rings. The SMILES string of the molecule is CCNC(=NCC(C1CCCCC1)N(C)C)NCCSC.I.